The average molecular weight is 361 g/mol. The van der Waals surface area contributed by atoms with Crippen LogP contribution in [0.3, 0.4) is 0 Å². The van der Waals surface area contributed by atoms with Crippen molar-refractivity contribution in [3.63, 3.8) is 0 Å². The fraction of sp³-hybridized carbons (Fsp3) is 0.368. The van der Waals surface area contributed by atoms with Crippen LogP contribution >= 0.6 is 0 Å². The number of nitrogens with one attached hydrogen (secondary N) is 1. The van der Waals surface area contributed by atoms with Crippen molar-refractivity contribution < 1.29 is 18.4 Å². The Hall–Kier alpha value is -2.70. The number of hydrogen-bond donors (Lipinski definition) is 1. The van der Waals surface area contributed by atoms with Crippen LogP contribution in [0.25, 0.3) is 0 Å². The summed E-state index contributed by atoms with van der Waals surface area (Å²) < 4.78 is 28.9. The Labute approximate surface area is 150 Å². The van der Waals surface area contributed by atoms with Gasteiger partial charge >= 0.3 is 0 Å². The van der Waals surface area contributed by atoms with Crippen LogP contribution in [-0.2, 0) is 18.3 Å². The minimum absolute atomic E-state index is 0.0327. The van der Waals surface area contributed by atoms with E-state index in [0.717, 1.165) is 44.1 Å². The summed E-state index contributed by atoms with van der Waals surface area (Å²) >= 11 is 0. The van der Waals surface area contributed by atoms with Gasteiger partial charge in [0.2, 0.25) is 5.91 Å². The van der Waals surface area contributed by atoms with Crippen molar-refractivity contribution in [2.75, 3.05) is 18.4 Å². The molecule has 1 saturated heterocycles. The van der Waals surface area contributed by atoms with Gasteiger partial charge in [0.15, 0.2) is 0 Å². The fourth-order valence-corrected chi connectivity index (χ4v) is 3.36. The highest BCUT2D eigenvalue weighted by atomic mass is 19.1. The third kappa shape index (κ3) is 3.61. The molecule has 1 aliphatic rings. The van der Waals surface area contributed by atoms with Gasteiger partial charge in [0.05, 0.1) is 17.7 Å². The molecule has 2 amide bonds. The molecule has 0 aliphatic carbocycles. The topological polar surface area (TPSA) is 54.3 Å². The number of benzene rings is 1. The second-order valence-corrected chi connectivity index (χ2v) is 6.59. The second kappa shape index (κ2) is 7.27. The number of amides is 2. The van der Waals surface area contributed by atoms with Gasteiger partial charge in [-0.05, 0) is 37.5 Å². The highest BCUT2D eigenvalue weighted by Crippen LogP contribution is 2.22. The number of rotatable bonds is 4. The lowest BCUT2D eigenvalue weighted by molar-refractivity contribution is -0.129. The summed E-state index contributed by atoms with van der Waals surface area (Å²) in [5, 5.41) is 2.41. The first-order chi connectivity index (χ1) is 12.4. The summed E-state index contributed by atoms with van der Waals surface area (Å²) in [5.74, 6) is -1.95. The Bertz CT molecular complexity index is 855. The number of carbonyl (C=O) groups excluding carboxylic acids is 2. The van der Waals surface area contributed by atoms with Gasteiger partial charge in [0.25, 0.3) is 5.91 Å². The van der Waals surface area contributed by atoms with E-state index in [9.17, 15) is 18.4 Å². The fourth-order valence-electron chi connectivity index (χ4n) is 3.36. The Morgan fingerprint density at radius 2 is 1.88 bits per heavy atom. The van der Waals surface area contributed by atoms with Gasteiger partial charge in [0.1, 0.15) is 11.6 Å². The number of carbonyl (C=O) groups is 2. The normalized spacial score (nSPS) is 13.9. The molecule has 138 valence electrons. The summed E-state index contributed by atoms with van der Waals surface area (Å²) in [5.41, 5.74) is 1.33. The molecule has 26 heavy (non-hydrogen) atoms. The summed E-state index contributed by atoms with van der Waals surface area (Å²) in [7, 11) is 1.76. The van der Waals surface area contributed by atoms with Crippen LogP contribution in [0.2, 0.25) is 0 Å². The molecule has 0 spiro atoms. The highest BCUT2D eigenvalue weighted by molar-refractivity contribution is 6.07. The van der Waals surface area contributed by atoms with Crippen molar-refractivity contribution in [1.82, 2.24) is 9.47 Å². The van der Waals surface area contributed by atoms with E-state index < -0.39 is 17.5 Å². The number of halogens is 2. The molecule has 1 aliphatic heterocycles. The molecule has 1 N–H and O–H groups in total. The number of aromatic nitrogens is 1. The molecular formula is C19H21F2N3O2. The van der Waals surface area contributed by atoms with Crippen molar-refractivity contribution in [3.8, 4) is 0 Å². The number of anilines is 1. The SMILES string of the molecule is Cc1cn(C)c(CC(=O)N2CCCC2)c1C(=O)Nc1cc(F)ccc1F. The maximum Gasteiger partial charge on any atom is 0.257 e. The van der Waals surface area contributed by atoms with E-state index >= 15 is 0 Å². The molecule has 0 atom stereocenters. The zero-order valence-electron chi connectivity index (χ0n) is 14.8. The van der Waals surface area contributed by atoms with Gasteiger partial charge < -0.3 is 14.8 Å². The summed E-state index contributed by atoms with van der Waals surface area (Å²) in [6.07, 6.45) is 3.83. The van der Waals surface area contributed by atoms with E-state index in [1.807, 2.05) is 0 Å². The molecule has 1 fully saturated rings. The highest BCUT2D eigenvalue weighted by Gasteiger charge is 2.25. The van der Waals surface area contributed by atoms with E-state index in [2.05, 4.69) is 5.32 Å². The van der Waals surface area contributed by atoms with Crippen molar-refractivity contribution in [2.24, 2.45) is 7.05 Å². The van der Waals surface area contributed by atoms with Crippen LogP contribution in [-0.4, -0.2) is 34.4 Å². The van der Waals surface area contributed by atoms with Crippen molar-refractivity contribution in [1.29, 1.82) is 0 Å². The lowest BCUT2D eigenvalue weighted by atomic mass is 10.1. The predicted molar refractivity (Wildman–Crippen MR) is 94.0 cm³/mol. The standard InChI is InChI=1S/C19H21F2N3O2/c1-12-11-23(2)16(10-17(25)24-7-3-4-8-24)18(12)19(26)22-15-9-13(20)5-6-14(15)21/h5-6,9,11H,3-4,7-8,10H2,1-2H3,(H,22,26). The van der Waals surface area contributed by atoms with Gasteiger partial charge in [-0.15, -0.1) is 0 Å². The van der Waals surface area contributed by atoms with Crippen LogP contribution in [0.4, 0.5) is 14.5 Å². The quantitative estimate of drug-likeness (QED) is 0.910. The molecule has 0 unspecified atom stereocenters. The molecule has 7 heteroatoms. The van der Waals surface area contributed by atoms with E-state index in [0.29, 0.717) is 16.8 Å². The first-order valence-electron chi connectivity index (χ1n) is 8.56. The molecule has 0 saturated carbocycles. The lowest BCUT2D eigenvalue weighted by Gasteiger charge is -2.16. The third-order valence-corrected chi connectivity index (χ3v) is 4.68. The Morgan fingerprint density at radius 3 is 2.58 bits per heavy atom. The molecule has 1 aromatic carbocycles. The van der Waals surface area contributed by atoms with Crippen molar-refractivity contribution >= 4 is 17.5 Å². The Morgan fingerprint density at radius 1 is 1.19 bits per heavy atom. The Kier molecular flexibility index (Phi) is 5.06. The zero-order chi connectivity index (χ0) is 18.8. The predicted octanol–water partition coefficient (Wildman–Crippen LogP) is 3.03. The van der Waals surface area contributed by atoms with E-state index in [-0.39, 0.29) is 18.0 Å². The maximum atomic E-state index is 13.8. The monoisotopic (exact) mass is 361 g/mol. The van der Waals surface area contributed by atoms with E-state index in [1.165, 1.54) is 0 Å². The van der Waals surface area contributed by atoms with Crippen LogP contribution in [0.15, 0.2) is 24.4 Å². The second-order valence-electron chi connectivity index (χ2n) is 6.59. The van der Waals surface area contributed by atoms with E-state index in [1.54, 1.807) is 29.6 Å². The molecule has 2 heterocycles. The Balaban J connectivity index is 1.85. The number of nitrogens with zero attached hydrogens (tertiary/aromatic N) is 2. The lowest BCUT2D eigenvalue weighted by Crippen LogP contribution is -2.30. The smallest absolute Gasteiger partial charge is 0.257 e. The summed E-state index contributed by atoms with van der Waals surface area (Å²) in [6, 6.07) is 2.88. The van der Waals surface area contributed by atoms with Gasteiger partial charge in [-0.3, -0.25) is 9.59 Å². The summed E-state index contributed by atoms with van der Waals surface area (Å²) in [6.45, 7) is 3.22. The van der Waals surface area contributed by atoms with Crippen molar-refractivity contribution in [3.05, 3.63) is 52.9 Å². The number of likely N-dealkylation sites (tertiary alicyclic amines) is 1. The first-order valence-corrected chi connectivity index (χ1v) is 8.56. The van der Waals surface area contributed by atoms with Gasteiger partial charge in [0, 0.05) is 38.1 Å². The van der Waals surface area contributed by atoms with Crippen LogP contribution in [0, 0.1) is 18.6 Å². The minimum Gasteiger partial charge on any atom is -0.353 e. The van der Waals surface area contributed by atoms with Crippen molar-refractivity contribution in [2.45, 2.75) is 26.2 Å². The van der Waals surface area contributed by atoms with Crippen LogP contribution in [0.5, 0.6) is 0 Å². The van der Waals surface area contributed by atoms with E-state index in [4.69, 9.17) is 0 Å². The maximum absolute atomic E-state index is 13.8. The zero-order valence-corrected chi connectivity index (χ0v) is 14.8. The van der Waals surface area contributed by atoms with Crippen LogP contribution in [0.1, 0.15) is 34.5 Å². The molecular weight excluding hydrogens is 340 g/mol. The molecule has 2 aromatic rings. The van der Waals surface area contributed by atoms with Gasteiger partial charge in [-0.1, -0.05) is 0 Å². The average Bonchev–Trinajstić information content (AvgIpc) is 3.20. The molecule has 5 nitrogen and oxygen atoms in total. The van der Waals surface area contributed by atoms with Crippen LogP contribution < -0.4 is 5.32 Å². The minimum atomic E-state index is -0.719. The summed E-state index contributed by atoms with van der Waals surface area (Å²) in [4.78, 5) is 27.0. The van der Waals surface area contributed by atoms with Gasteiger partial charge in [-0.2, -0.15) is 0 Å². The van der Waals surface area contributed by atoms with Gasteiger partial charge in [-0.25, -0.2) is 8.78 Å². The largest absolute Gasteiger partial charge is 0.353 e. The molecule has 3 rings (SSSR count). The first kappa shape index (κ1) is 18.1. The molecule has 0 radical (unpaired) electrons. The molecule has 1 aromatic heterocycles. The number of aryl methyl sites for hydroxylation is 2. The number of hydrogen-bond acceptors (Lipinski definition) is 2. The third-order valence-electron chi connectivity index (χ3n) is 4.68. The molecule has 0 bridgehead atoms.